The summed E-state index contributed by atoms with van der Waals surface area (Å²) in [6, 6.07) is 5.67. The monoisotopic (exact) mass is 339 g/mol. The highest BCUT2D eigenvalue weighted by atomic mass is 79.9. The third-order valence-electron chi connectivity index (χ3n) is 2.84. The van der Waals surface area contributed by atoms with Crippen LogP contribution in [0.1, 0.15) is 19.8 Å². The fourth-order valence-electron chi connectivity index (χ4n) is 1.92. The molecule has 1 amide bonds. The number of imidazole rings is 1. The van der Waals surface area contributed by atoms with E-state index in [1.807, 2.05) is 29.7 Å². The average molecular weight is 340 g/mol. The normalized spacial score (nSPS) is 10.7. The lowest BCUT2D eigenvalue weighted by molar-refractivity contribution is -0.138. The number of carboxylic acid groups (broad SMARTS) is 1. The van der Waals surface area contributed by atoms with Crippen LogP contribution in [0.3, 0.4) is 0 Å². The fraction of sp³-hybridized carbons (Fsp3) is 0.308. The van der Waals surface area contributed by atoms with Crippen molar-refractivity contribution in [3.05, 3.63) is 22.7 Å². The molecule has 2 aromatic rings. The van der Waals surface area contributed by atoms with E-state index in [2.05, 4.69) is 26.2 Å². The largest absolute Gasteiger partial charge is 0.481 e. The summed E-state index contributed by atoms with van der Waals surface area (Å²) in [6.45, 7) is 2.61. The lowest BCUT2D eigenvalue weighted by atomic mass is 10.3. The van der Waals surface area contributed by atoms with E-state index in [9.17, 15) is 9.59 Å². The van der Waals surface area contributed by atoms with Crippen molar-refractivity contribution in [3.63, 3.8) is 0 Å². The Balaban J connectivity index is 2.25. The Morgan fingerprint density at radius 3 is 2.80 bits per heavy atom. The van der Waals surface area contributed by atoms with Gasteiger partial charge in [0.25, 0.3) is 0 Å². The Morgan fingerprint density at radius 2 is 2.15 bits per heavy atom. The van der Waals surface area contributed by atoms with Crippen molar-refractivity contribution in [2.45, 2.75) is 26.3 Å². The molecule has 0 radical (unpaired) electrons. The number of aromatic nitrogens is 2. The number of carbonyl (C=O) groups excluding carboxylic acids is 1. The van der Waals surface area contributed by atoms with Crippen LogP contribution in [0.4, 0.5) is 5.95 Å². The molecule has 1 aromatic heterocycles. The molecule has 2 N–H and O–H groups in total. The van der Waals surface area contributed by atoms with Gasteiger partial charge in [-0.1, -0.05) is 15.9 Å². The van der Waals surface area contributed by atoms with Gasteiger partial charge >= 0.3 is 5.97 Å². The first-order valence-corrected chi connectivity index (χ1v) is 6.98. The Morgan fingerprint density at radius 1 is 1.40 bits per heavy atom. The summed E-state index contributed by atoms with van der Waals surface area (Å²) in [7, 11) is 0. The summed E-state index contributed by atoms with van der Waals surface area (Å²) < 4.78 is 2.81. The molecule has 1 heterocycles. The van der Waals surface area contributed by atoms with Crippen molar-refractivity contribution >= 4 is 44.8 Å². The predicted molar refractivity (Wildman–Crippen MR) is 78.6 cm³/mol. The van der Waals surface area contributed by atoms with E-state index < -0.39 is 5.97 Å². The number of nitrogens with zero attached hydrogens (tertiary/aromatic N) is 2. The number of aryl methyl sites for hydroxylation is 1. The molecule has 0 aliphatic rings. The van der Waals surface area contributed by atoms with Crippen LogP contribution in [-0.2, 0) is 16.1 Å². The highest BCUT2D eigenvalue weighted by Gasteiger charge is 2.13. The van der Waals surface area contributed by atoms with Gasteiger partial charge in [-0.3, -0.25) is 14.9 Å². The molecule has 6 nitrogen and oxygen atoms in total. The number of fused-ring (bicyclic) bond motifs is 1. The van der Waals surface area contributed by atoms with Gasteiger partial charge in [0.1, 0.15) is 0 Å². The van der Waals surface area contributed by atoms with Gasteiger partial charge in [0.2, 0.25) is 11.9 Å². The van der Waals surface area contributed by atoms with Gasteiger partial charge in [0.15, 0.2) is 0 Å². The predicted octanol–water partition coefficient (Wildman–Crippen LogP) is 2.62. The number of benzene rings is 1. The minimum atomic E-state index is -0.993. The smallest absolute Gasteiger partial charge is 0.303 e. The minimum Gasteiger partial charge on any atom is -0.481 e. The first-order chi connectivity index (χ1) is 9.51. The lowest BCUT2D eigenvalue weighted by Crippen LogP contribution is -2.16. The second-order valence-corrected chi connectivity index (χ2v) is 5.17. The van der Waals surface area contributed by atoms with Crippen LogP contribution >= 0.6 is 15.9 Å². The molecule has 0 aliphatic carbocycles. The van der Waals surface area contributed by atoms with E-state index in [-0.39, 0.29) is 18.7 Å². The van der Waals surface area contributed by atoms with Crippen LogP contribution in [0, 0.1) is 0 Å². The zero-order valence-electron chi connectivity index (χ0n) is 10.9. The van der Waals surface area contributed by atoms with Crippen LogP contribution in [0.2, 0.25) is 0 Å². The third-order valence-corrected chi connectivity index (χ3v) is 3.34. The number of carboxylic acids is 1. The summed E-state index contributed by atoms with van der Waals surface area (Å²) in [4.78, 5) is 26.5. The number of halogens is 1. The zero-order chi connectivity index (χ0) is 14.7. The van der Waals surface area contributed by atoms with Gasteiger partial charge in [-0.25, -0.2) is 4.98 Å². The highest BCUT2D eigenvalue weighted by Crippen LogP contribution is 2.23. The molecule has 0 unspecified atom stereocenters. The standard InChI is InChI=1S/C13H14BrN3O3/c1-2-17-10-7-8(14)3-4-9(10)15-13(17)16-11(18)5-6-12(19)20/h3-4,7H,2,5-6H2,1H3,(H,19,20)(H,15,16,18). The molecule has 106 valence electrons. The van der Waals surface area contributed by atoms with Gasteiger partial charge in [-0.05, 0) is 25.1 Å². The summed E-state index contributed by atoms with van der Waals surface area (Å²) in [5.74, 6) is -0.902. The number of amides is 1. The summed E-state index contributed by atoms with van der Waals surface area (Å²) in [6.07, 6.45) is -0.254. The van der Waals surface area contributed by atoms with Crippen LogP contribution in [0.15, 0.2) is 22.7 Å². The van der Waals surface area contributed by atoms with Gasteiger partial charge in [0.05, 0.1) is 17.5 Å². The molecular weight excluding hydrogens is 326 g/mol. The van der Waals surface area contributed by atoms with E-state index in [1.54, 1.807) is 0 Å². The minimum absolute atomic E-state index is 0.0635. The van der Waals surface area contributed by atoms with Crippen LogP contribution in [0.5, 0.6) is 0 Å². The number of aliphatic carboxylic acids is 1. The summed E-state index contributed by atoms with van der Waals surface area (Å²) >= 11 is 3.40. The highest BCUT2D eigenvalue weighted by molar-refractivity contribution is 9.10. The van der Waals surface area contributed by atoms with E-state index >= 15 is 0 Å². The molecule has 7 heteroatoms. The van der Waals surface area contributed by atoms with Crippen LogP contribution in [-0.4, -0.2) is 26.5 Å². The van der Waals surface area contributed by atoms with E-state index in [4.69, 9.17) is 5.11 Å². The molecule has 0 saturated carbocycles. The molecule has 0 bridgehead atoms. The maximum Gasteiger partial charge on any atom is 0.303 e. The first-order valence-electron chi connectivity index (χ1n) is 6.18. The number of hydrogen-bond donors (Lipinski definition) is 2. The molecule has 0 fully saturated rings. The van der Waals surface area contributed by atoms with Crippen LogP contribution in [0.25, 0.3) is 11.0 Å². The van der Waals surface area contributed by atoms with Crippen molar-refractivity contribution in [1.82, 2.24) is 9.55 Å². The van der Waals surface area contributed by atoms with Crippen molar-refractivity contribution < 1.29 is 14.7 Å². The van der Waals surface area contributed by atoms with Gasteiger partial charge in [-0.2, -0.15) is 0 Å². The second-order valence-electron chi connectivity index (χ2n) is 4.25. The van der Waals surface area contributed by atoms with Gasteiger partial charge in [-0.15, -0.1) is 0 Å². The van der Waals surface area contributed by atoms with Crippen molar-refractivity contribution in [2.75, 3.05) is 5.32 Å². The number of nitrogens with one attached hydrogen (secondary N) is 1. The SMILES string of the molecule is CCn1c(NC(=O)CCC(=O)O)nc2ccc(Br)cc21. The Labute approximate surface area is 123 Å². The average Bonchev–Trinajstić information content (AvgIpc) is 2.72. The lowest BCUT2D eigenvalue weighted by Gasteiger charge is -2.07. The molecule has 0 spiro atoms. The van der Waals surface area contributed by atoms with Crippen molar-refractivity contribution in [1.29, 1.82) is 0 Å². The van der Waals surface area contributed by atoms with Crippen LogP contribution < -0.4 is 5.32 Å². The van der Waals surface area contributed by atoms with Gasteiger partial charge in [0, 0.05) is 17.4 Å². The number of rotatable bonds is 5. The van der Waals surface area contributed by atoms with E-state index in [0.29, 0.717) is 12.5 Å². The molecule has 0 aliphatic heterocycles. The molecule has 20 heavy (non-hydrogen) atoms. The molecule has 0 atom stereocenters. The zero-order valence-corrected chi connectivity index (χ0v) is 12.5. The topological polar surface area (TPSA) is 84.2 Å². The Bertz CT molecular complexity index is 666. The third kappa shape index (κ3) is 3.16. The number of anilines is 1. The maximum absolute atomic E-state index is 11.7. The van der Waals surface area contributed by atoms with Crippen molar-refractivity contribution in [2.24, 2.45) is 0 Å². The number of carbonyl (C=O) groups is 2. The van der Waals surface area contributed by atoms with Gasteiger partial charge < -0.3 is 9.67 Å². The molecular formula is C13H14BrN3O3. The molecule has 0 saturated heterocycles. The summed E-state index contributed by atoms with van der Waals surface area (Å²) in [5, 5.41) is 11.2. The molecule has 1 aromatic carbocycles. The maximum atomic E-state index is 11.7. The Kier molecular flexibility index (Phi) is 4.39. The Hall–Kier alpha value is -1.89. The van der Waals surface area contributed by atoms with Crippen molar-refractivity contribution in [3.8, 4) is 0 Å². The fourth-order valence-corrected chi connectivity index (χ4v) is 2.27. The number of hydrogen-bond acceptors (Lipinski definition) is 3. The summed E-state index contributed by atoms with van der Waals surface area (Å²) in [5.41, 5.74) is 1.69. The van der Waals surface area contributed by atoms with E-state index in [1.165, 1.54) is 0 Å². The van der Waals surface area contributed by atoms with E-state index in [0.717, 1.165) is 15.5 Å². The molecule has 2 rings (SSSR count). The first kappa shape index (κ1) is 14.5. The quantitative estimate of drug-likeness (QED) is 0.876. The second kappa shape index (κ2) is 6.04.